The highest BCUT2D eigenvalue weighted by atomic mass is 19.1. The Morgan fingerprint density at radius 1 is 1.32 bits per heavy atom. The third-order valence-electron chi connectivity index (χ3n) is 4.32. The number of hydrogen-bond donors (Lipinski definition) is 1. The Bertz CT molecular complexity index is 462. The molecule has 0 bridgehead atoms. The van der Waals surface area contributed by atoms with E-state index in [2.05, 4.69) is 11.8 Å². The number of nitrogens with zero attached hydrogens (tertiary/aromatic N) is 1. The van der Waals surface area contributed by atoms with Gasteiger partial charge in [0, 0.05) is 24.2 Å². The first-order chi connectivity index (χ1) is 8.90. The molecule has 2 rings (SSSR count). The molecule has 0 spiro atoms. The molecular weight excluding hydrogens is 246 g/mol. The second kappa shape index (κ2) is 5.55. The van der Waals surface area contributed by atoms with Crippen molar-refractivity contribution in [3.05, 3.63) is 34.9 Å². The van der Waals surface area contributed by atoms with Crippen LogP contribution in [0.3, 0.4) is 0 Å². The third-order valence-corrected chi connectivity index (χ3v) is 4.32. The molecular formula is C15H22F2N2. The molecule has 2 nitrogen and oxygen atoms in total. The van der Waals surface area contributed by atoms with Crippen LogP contribution in [0, 0.1) is 24.5 Å². The molecule has 2 N–H and O–H groups in total. The minimum atomic E-state index is -0.349. The monoisotopic (exact) mass is 268 g/mol. The zero-order valence-electron chi connectivity index (χ0n) is 11.8. The number of halogens is 2. The predicted octanol–water partition coefficient (Wildman–Crippen LogP) is 3.00. The van der Waals surface area contributed by atoms with E-state index in [-0.39, 0.29) is 23.7 Å². The molecule has 0 saturated carbocycles. The lowest BCUT2D eigenvalue weighted by Gasteiger charge is -2.39. The van der Waals surface area contributed by atoms with Crippen molar-refractivity contribution in [1.82, 2.24) is 4.90 Å². The van der Waals surface area contributed by atoms with E-state index in [1.165, 1.54) is 12.1 Å². The van der Waals surface area contributed by atoms with Crippen molar-refractivity contribution in [3.8, 4) is 0 Å². The van der Waals surface area contributed by atoms with Crippen LogP contribution in [0.4, 0.5) is 8.78 Å². The topological polar surface area (TPSA) is 29.3 Å². The van der Waals surface area contributed by atoms with E-state index in [4.69, 9.17) is 5.73 Å². The molecule has 1 aromatic rings. The molecule has 0 aromatic heterocycles. The quantitative estimate of drug-likeness (QED) is 0.893. The van der Waals surface area contributed by atoms with E-state index in [9.17, 15) is 8.78 Å². The summed E-state index contributed by atoms with van der Waals surface area (Å²) in [5.41, 5.74) is 6.83. The van der Waals surface area contributed by atoms with Gasteiger partial charge in [0.15, 0.2) is 0 Å². The number of benzene rings is 1. The number of hydrogen-bond acceptors (Lipinski definition) is 2. The standard InChI is InChI=1S/C15H22F2N2/c1-9-4-5-19(8-15(9)18)11(3)12-7-13(16)10(2)6-14(12)17/h6-7,9,11,15H,4-5,8,18H2,1-3H3. The second-order valence-electron chi connectivity index (χ2n) is 5.72. The summed E-state index contributed by atoms with van der Waals surface area (Å²) in [4.78, 5) is 2.14. The maximum atomic E-state index is 14.0. The normalized spacial score (nSPS) is 26.4. The smallest absolute Gasteiger partial charge is 0.128 e. The first-order valence-electron chi connectivity index (χ1n) is 6.85. The summed E-state index contributed by atoms with van der Waals surface area (Å²) in [6, 6.07) is 2.55. The molecule has 3 atom stereocenters. The van der Waals surface area contributed by atoms with Crippen molar-refractivity contribution in [3.63, 3.8) is 0 Å². The van der Waals surface area contributed by atoms with Gasteiger partial charge in [-0.15, -0.1) is 0 Å². The largest absolute Gasteiger partial charge is 0.326 e. The summed E-state index contributed by atoms with van der Waals surface area (Å²) < 4.78 is 27.6. The number of piperidine rings is 1. The minimum Gasteiger partial charge on any atom is -0.326 e. The molecule has 1 heterocycles. The molecule has 1 aliphatic heterocycles. The Balaban J connectivity index is 2.20. The summed E-state index contributed by atoms with van der Waals surface area (Å²) in [6.45, 7) is 7.24. The Morgan fingerprint density at radius 3 is 2.63 bits per heavy atom. The summed E-state index contributed by atoms with van der Waals surface area (Å²) in [5.74, 6) is -0.195. The number of aryl methyl sites for hydroxylation is 1. The first kappa shape index (κ1) is 14.4. The molecule has 4 heteroatoms. The summed E-state index contributed by atoms with van der Waals surface area (Å²) >= 11 is 0. The molecule has 0 amide bonds. The predicted molar refractivity (Wildman–Crippen MR) is 72.8 cm³/mol. The maximum absolute atomic E-state index is 14.0. The van der Waals surface area contributed by atoms with Gasteiger partial charge < -0.3 is 5.73 Å². The summed E-state index contributed by atoms with van der Waals surface area (Å²) in [5, 5.41) is 0. The highest BCUT2D eigenvalue weighted by molar-refractivity contribution is 5.27. The van der Waals surface area contributed by atoms with Gasteiger partial charge in [-0.1, -0.05) is 6.92 Å². The molecule has 1 aliphatic rings. The van der Waals surface area contributed by atoms with Crippen LogP contribution in [0.25, 0.3) is 0 Å². The lowest BCUT2D eigenvalue weighted by molar-refractivity contribution is 0.126. The van der Waals surface area contributed by atoms with Crippen LogP contribution in [0.2, 0.25) is 0 Å². The van der Waals surface area contributed by atoms with E-state index >= 15 is 0 Å². The highest BCUT2D eigenvalue weighted by Crippen LogP contribution is 2.28. The molecule has 106 valence electrons. The fourth-order valence-electron chi connectivity index (χ4n) is 2.66. The molecule has 1 aromatic carbocycles. The van der Waals surface area contributed by atoms with Gasteiger partial charge >= 0.3 is 0 Å². The number of likely N-dealkylation sites (tertiary alicyclic amines) is 1. The van der Waals surface area contributed by atoms with Gasteiger partial charge in [0.1, 0.15) is 11.6 Å². The summed E-state index contributed by atoms with van der Waals surface area (Å²) in [7, 11) is 0. The van der Waals surface area contributed by atoms with Gasteiger partial charge in [-0.05, 0) is 50.4 Å². The Morgan fingerprint density at radius 2 is 2.00 bits per heavy atom. The van der Waals surface area contributed by atoms with Crippen LogP contribution in [-0.4, -0.2) is 24.0 Å². The molecule has 0 radical (unpaired) electrons. The van der Waals surface area contributed by atoms with Gasteiger partial charge in [0.25, 0.3) is 0 Å². The van der Waals surface area contributed by atoms with Crippen molar-refractivity contribution in [2.45, 2.75) is 39.3 Å². The fraction of sp³-hybridized carbons (Fsp3) is 0.600. The average Bonchev–Trinajstić information content (AvgIpc) is 2.36. The lowest BCUT2D eigenvalue weighted by Crippen LogP contribution is -2.48. The number of rotatable bonds is 2. The minimum absolute atomic E-state index is 0.106. The maximum Gasteiger partial charge on any atom is 0.128 e. The molecule has 1 fully saturated rings. The Labute approximate surface area is 113 Å². The van der Waals surface area contributed by atoms with Crippen molar-refractivity contribution < 1.29 is 8.78 Å². The first-order valence-corrected chi connectivity index (χ1v) is 6.85. The van der Waals surface area contributed by atoms with Gasteiger partial charge in [0.05, 0.1) is 0 Å². The van der Waals surface area contributed by atoms with Crippen LogP contribution in [0.5, 0.6) is 0 Å². The van der Waals surface area contributed by atoms with Gasteiger partial charge in [-0.25, -0.2) is 8.78 Å². The van der Waals surface area contributed by atoms with Crippen molar-refractivity contribution in [1.29, 1.82) is 0 Å². The van der Waals surface area contributed by atoms with E-state index in [1.54, 1.807) is 6.92 Å². The zero-order valence-corrected chi connectivity index (χ0v) is 11.8. The second-order valence-corrected chi connectivity index (χ2v) is 5.72. The average molecular weight is 268 g/mol. The Kier molecular flexibility index (Phi) is 4.21. The van der Waals surface area contributed by atoms with Crippen LogP contribution < -0.4 is 5.73 Å². The molecule has 0 aliphatic carbocycles. The van der Waals surface area contributed by atoms with Gasteiger partial charge in [-0.2, -0.15) is 0 Å². The van der Waals surface area contributed by atoms with Crippen molar-refractivity contribution in [2.24, 2.45) is 11.7 Å². The molecule has 19 heavy (non-hydrogen) atoms. The van der Waals surface area contributed by atoms with Crippen LogP contribution in [0.15, 0.2) is 12.1 Å². The number of nitrogens with two attached hydrogens (primary N) is 1. The van der Waals surface area contributed by atoms with Gasteiger partial charge in [-0.3, -0.25) is 4.90 Å². The third kappa shape index (κ3) is 2.95. The summed E-state index contributed by atoms with van der Waals surface area (Å²) in [6.07, 6.45) is 1.00. The molecule has 1 saturated heterocycles. The van der Waals surface area contributed by atoms with Crippen LogP contribution in [0.1, 0.15) is 37.4 Å². The SMILES string of the molecule is Cc1cc(F)c(C(C)N2CCC(C)C(N)C2)cc1F. The van der Waals surface area contributed by atoms with Gasteiger partial charge in [0.2, 0.25) is 0 Å². The lowest BCUT2D eigenvalue weighted by atomic mass is 9.92. The zero-order chi connectivity index (χ0) is 14.2. The molecule has 3 unspecified atom stereocenters. The van der Waals surface area contributed by atoms with E-state index in [1.807, 2.05) is 6.92 Å². The Hall–Kier alpha value is -1.00. The van der Waals surface area contributed by atoms with E-state index in [0.29, 0.717) is 17.0 Å². The highest BCUT2D eigenvalue weighted by Gasteiger charge is 2.28. The van der Waals surface area contributed by atoms with Crippen molar-refractivity contribution >= 4 is 0 Å². The van der Waals surface area contributed by atoms with Crippen LogP contribution in [-0.2, 0) is 0 Å². The van der Waals surface area contributed by atoms with E-state index < -0.39 is 0 Å². The van der Waals surface area contributed by atoms with Crippen molar-refractivity contribution in [2.75, 3.05) is 13.1 Å². The van der Waals surface area contributed by atoms with Crippen LogP contribution >= 0.6 is 0 Å². The van der Waals surface area contributed by atoms with E-state index in [0.717, 1.165) is 19.5 Å². The fourth-order valence-corrected chi connectivity index (χ4v) is 2.66.